The first-order valence-corrected chi connectivity index (χ1v) is 11.8. The van der Waals surface area contributed by atoms with Crippen LogP contribution in [-0.4, -0.2) is 51.5 Å². The summed E-state index contributed by atoms with van der Waals surface area (Å²) in [4.78, 5) is 38.9. The molecule has 0 spiro atoms. The number of carbonyl (C=O) groups excluding carboxylic acids is 2. The molecule has 11 heteroatoms. The predicted molar refractivity (Wildman–Crippen MR) is 125 cm³/mol. The molecule has 1 saturated carbocycles. The highest BCUT2D eigenvalue weighted by Crippen LogP contribution is 2.33. The van der Waals surface area contributed by atoms with Crippen LogP contribution in [0.15, 0.2) is 29.4 Å². The maximum Gasteiger partial charge on any atom is 0.270 e. The Labute approximate surface area is 202 Å². The van der Waals surface area contributed by atoms with Crippen LogP contribution >= 0.6 is 0 Å². The smallest absolute Gasteiger partial charge is 0.270 e. The largest absolute Gasteiger partial charge is 0.482 e. The first-order valence-electron chi connectivity index (χ1n) is 11.8. The van der Waals surface area contributed by atoms with E-state index in [2.05, 4.69) is 31.2 Å². The Balaban J connectivity index is 1.21. The van der Waals surface area contributed by atoms with Gasteiger partial charge in [0.1, 0.15) is 29.1 Å². The number of carbonyl (C=O) groups is 2. The summed E-state index contributed by atoms with van der Waals surface area (Å²) in [6.07, 6.45) is 4.32. The highest BCUT2D eigenvalue weighted by atomic mass is 16.6. The third kappa shape index (κ3) is 5.25. The maximum atomic E-state index is 12.9. The van der Waals surface area contributed by atoms with Crippen molar-refractivity contribution in [3.8, 4) is 5.75 Å². The van der Waals surface area contributed by atoms with Crippen molar-refractivity contribution >= 4 is 23.2 Å². The van der Waals surface area contributed by atoms with E-state index in [4.69, 9.17) is 14.8 Å². The molecule has 35 heavy (non-hydrogen) atoms. The van der Waals surface area contributed by atoms with Crippen molar-refractivity contribution in [1.82, 2.24) is 20.8 Å². The summed E-state index contributed by atoms with van der Waals surface area (Å²) in [5.41, 5.74) is 5.32. The molecule has 11 nitrogen and oxygen atoms in total. The van der Waals surface area contributed by atoms with E-state index in [-0.39, 0.29) is 42.8 Å². The summed E-state index contributed by atoms with van der Waals surface area (Å²) in [5, 5.41) is 19.0. The van der Waals surface area contributed by atoms with Crippen molar-refractivity contribution < 1.29 is 24.4 Å². The molecular weight excluding hydrogens is 452 g/mol. The summed E-state index contributed by atoms with van der Waals surface area (Å²) in [6.45, 7) is 2.00. The average molecular weight is 481 g/mol. The highest BCUT2D eigenvalue weighted by molar-refractivity contribution is 6.02. The Bertz CT molecular complexity index is 1160. The number of nitrogens with zero attached hydrogens (tertiary/aromatic N) is 3. The van der Waals surface area contributed by atoms with E-state index >= 15 is 0 Å². The van der Waals surface area contributed by atoms with Crippen LogP contribution in [0, 0.1) is 12.8 Å². The number of nitrogens with one attached hydrogen (secondary N) is 3. The molecule has 3 heterocycles. The molecule has 0 saturated heterocycles. The first-order chi connectivity index (χ1) is 17.0. The number of ether oxygens (including phenoxy) is 1. The topological polar surface area (TPSA) is 147 Å². The van der Waals surface area contributed by atoms with E-state index in [0.29, 0.717) is 41.0 Å². The maximum absolute atomic E-state index is 12.9. The van der Waals surface area contributed by atoms with Crippen LogP contribution in [0.1, 0.15) is 59.7 Å². The third-order valence-corrected chi connectivity index (χ3v) is 6.67. The Hall–Kier alpha value is -3.57. The van der Waals surface area contributed by atoms with Gasteiger partial charge in [-0.3, -0.25) is 9.59 Å². The van der Waals surface area contributed by atoms with Crippen molar-refractivity contribution in [1.29, 1.82) is 0 Å². The minimum Gasteiger partial charge on any atom is -0.482 e. The van der Waals surface area contributed by atoms with Crippen LogP contribution in [0.3, 0.4) is 0 Å². The zero-order valence-electron chi connectivity index (χ0n) is 19.4. The van der Waals surface area contributed by atoms with Crippen LogP contribution in [0.5, 0.6) is 5.75 Å². The van der Waals surface area contributed by atoms with Crippen molar-refractivity contribution in [2.24, 2.45) is 11.1 Å². The number of fused-ring (bicyclic) bond motifs is 1. The molecule has 0 bridgehead atoms. The second kappa shape index (κ2) is 9.96. The van der Waals surface area contributed by atoms with Crippen molar-refractivity contribution in [3.63, 3.8) is 0 Å². The number of aryl methyl sites for hydroxylation is 1. The van der Waals surface area contributed by atoms with Crippen molar-refractivity contribution in [2.75, 3.05) is 11.9 Å². The molecule has 4 N–H and O–H groups in total. The number of amides is 2. The van der Waals surface area contributed by atoms with Crippen LogP contribution in [0.2, 0.25) is 0 Å². The predicted octanol–water partition coefficient (Wildman–Crippen LogP) is 2.08. The van der Waals surface area contributed by atoms with Crippen LogP contribution < -0.4 is 20.9 Å². The lowest BCUT2D eigenvalue weighted by Crippen LogP contribution is -2.34. The molecular formula is C24H28N6O5. The fourth-order valence-electron chi connectivity index (χ4n) is 4.77. The van der Waals surface area contributed by atoms with Gasteiger partial charge < -0.3 is 25.4 Å². The fourth-order valence-corrected chi connectivity index (χ4v) is 4.77. The molecule has 5 rings (SSSR count). The molecule has 0 unspecified atom stereocenters. The molecule has 1 aromatic carbocycles. The third-order valence-electron chi connectivity index (χ3n) is 6.67. The number of rotatable bonds is 6. The first kappa shape index (κ1) is 23.2. The Morgan fingerprint density at radius 3 is 2.83 bits per heavy atom. The zero-order chi connectivity index (χ0) is 24.4. The monoisotopic (exact) mass is 480 g/mol. The molecule has 2 aromatic rings. The SMILES string of the molecule is Cc1nc(C(=O)NCc2ccc3c(c2)NC(=O)CO3)cc(C2=NO[C@@H](C3CCC(NO)CC3)C2)n1. The van der Waals surface area contributed by atoms with E-state index in [9.17, 15) is 9.59 Å². The molecule has 1 atom stereocenters. The second-order valence-electron chi connectivity index (χ2n) is 9.16. The minimum atomic E-state index is -0.333. The molecule has 0 radical (unpaired) electrons. The van der Waals surface area contributed by atoms with Crippen molar-refractivity contribution in [2.45, 2.75) is 57.7 Å². The number of hydrogen-bond donors (Lipinski definition) is 4. The van der Waals surface area contributed by atoms with Gasteiger partial charge in [-0.1, -0.05) is 11.2 Å². The van der Waals surface area contributed by atoms with Crippen LogP contribution in [-0.2, 0) is 16.2 Å². The Kier molecular flexibility index (Phi) is 6.60. The summed E-state index contributed by atoms with van der Waals surface area (Å²) < 4.78 is 5.37. The van der Waals surface area contributed by atoms with E-state index in [0.717, 1.165) is 31.2 Å². The van der Waals surface area contributed by atoms with Gasteiger partial charge in [0.25, 0.3) is 11.8 Å². The van der Waals surface area contributed by atoms with E-state index in [1.165, 1.54) is 0 Å². The standard InChI is InChI=1S/C24H28N6O5/c1-13-26-17(18-10-22(35-30-18)15-3-5-16(29-33)6-4-15)9-20(27-13)24(32)25-11-14-2-7-21-19(8-14)28-23(31)12-34-21/h2,7-9,15-16,22,29,33H,3-6,10-12H2,1H3,(H,25,32)(H,28,31)/t15?,16?,22-/m1/s1. The molecule has 3 aliphatic rings. The van der Waals surface area contributed by atoms with Gasteiger partial charge in [0, 0.05) is 19.0 Å². The number of anilines is 1. The average Bonchev–Trinajstić information content (AvgIpc) is 3.37. The quantitative estimate of drug-likeness (QED) is 0.460. The summed E-state index contributed by atoms with van der Waals surface area (Å²) in [6, 6.07) is 7.16. The summed E-state index contributed by atoms with van der Waals surface area (Å²) >= 11 is 0. The molecule has 2 aliphatic heterocycles. The molecule has 1 aliphatic carbocycles. The number of hydroxylamine groups is 1. The lowest BCUT2D eigenvalue weighted by molar-refractivity contribution is -0.118. The number of aromatic nitrogens is 2. The molecule has 1 aromatic heterocycles. The molecule has 2 amide bonds. The van der Waals surface area contributed by atoms with Crippen LogP contribution in [0.25, 0.3) is 0 Å². The van der Waals surface area contributed by atoms with Gasteiger partial charge in [-0.15, -0.1) is 0 Å². The number of oxime groups is 1. The van der Waals surface area contributed by atoms with E-state index in [1.54, 1.807) is 25.1 Å². The number of hydrogen-bond acceptors (Lipinski definition) is 9. The molecule has 184 valence electrons. The van der Waals surface area contributed by atoms with Gasteiger partial charge >= 0.3 is 0 Å². The van der Waals surface area contributed by atoms with Crippen LogP contribution in [0.4, 0.5) is 5.69 Å². The van der Waals surface area contributed by atoms with E-state index in [1.807, 2.05) is 6.07 Å². The normalized spacial score (nSPS) is 23.4. The second-order valence-corrected chi connectivity index (χ2v) is 9.16. The lowest BCUT2D eigenvalue weighted by atomic mass is 9.81. The van der Waals surface area contributed by atoms with E-state index < -0.39 is 0 Å². The minimum absolute atomic E-state index is 0.00211. The zero-order valence-corrected chi connectivity index (χ0v) is 19.4. The Morgan fingerprint density at radius 2 is 2.03 bits per heavy atom. The van der Waals surface area contributed by atoms with Gasteiger partial charge in [0.2, 0.25) is 0 Å². The fraction of sp³-hybridized carbons (Fsp3) is 0.458. The lowest BCUT2D eigenvalue weighted by Gasteiger charge is -2.29. The van der Waals surface area contributed by atoms with Gasteiger partial charge in [-0.05, 0) is 62.3 Å². The van der Waals surface area contributed by atoms with Gasteiger partial charge in [-0.25, -0.2) is 15.4 Å². The van der Waals surface area contributed by atoms with Gasteiger partial charge in [0.05, 0.1) is 11.4 Å². The highest BCUT2D eigenvalue weighted by Gasteiger charge is 2.34. The van der Waals surface area contributed by atoms with Gasteiger partial charge in [0.15, 0.2) is 6.61 Å². The number of benzene rings is 1. The summed E-state index contributed by atoms with van der Waals surface area (Å²) in [7, 11) is 0. The molecule has 1 fully saturated rings. The Morgan fingerprint density at radius 1 is 1.20 bits per heavy atom. The van der Waals surface area contributed by atoms with Gasteiger partial charge in [-0.2, -0.15) is 0 Å². The van der Waals surface area contributed by atoms with Crippen molar-refractivity contribution in [3.05, 3.63) is 47.0 Å². The summed E-state index contributed by atoms with van der Waals surface area (Å²) in [5.74, 6) is 0.909.